The Labute approximate surface area is 99.4 Å². The molecule has 0 bridgehead atoms. The topological polar surface area (TPSA) is 43.4 Å². The fraction of sp³-hybridized carbons (Fsp3) is 0.500. The molecule has 1 rings (SSSR count). The standard InChI is InChI=1S/C12H16O3S/c1-3-4-6-9(12(14)15-2)11(13)10-7-5-8-16-10/h5,7-9H,3-4,6H2,1-2H3. The van der Waals surface area contributed by atoms with E-state index in [2.05, 4.69) is 4.74 Å². The molecule has 1 aromatic rings. The van der Waals surface area contributed by atoms with Crippen molar-refractivity contribution in [2.24, 2.45) is 5.92 Å². The maximum atomic E-state index is 12.0. The highest BCUT2D eigenvalue weighted by molar-refractivity contribution is 7.12. The van der Waals surface area contributed by atoms with E-state index in [1.807, 2.05) is 18.4 Å². The third kappa shape index (κ3) is 3.17. The smallest absolute Gasteiger partial charge is 0.316 e. The normalized spacial score (nSPS) is 12.1. The number of rotatable bonds is 6. The van der Waals surface area contributed by atoms with Gasteiger partial charge in [0.05, 0.1) is 12.0 Å². The predicted octanol–water partition coefficient (Wildman–Crippen LogP) is 2.91. The third-order valence-electron chi connectivity index (χ3n) is 2.41. The summed E-state index contributed by atoms with van der Waals surface area (Å²) in [6.45, 7) is 2.03. The van der Waals surface area contributed by atoms with Gasteiger partial charge in [0.15, 0.2) is 5.78 Å². The Morgan fingerprint density at radius 1 is 1.50 bits per heavy atom. The second-order valence-electron chi connectivity index (χ2n) is 3.56. The van der Waals surface area contributed by atoms with Crippen LogP contribution in [0.15, 0.2) is 17.5 Å². The fourth-order valence-corrected chi connectivity index (χ4v) is 2.22. The van der Waals surface area contributed by atoms with Crippen molar-refractivity contribution in [3.05, 3.63) is 22.4 Å². The Morgan fingerprint density at radius 3 is 2.75 bits per heavy atom. The number of carbonyl (C=O) groups excluding carboxylic acids is 2. The summed E-state index contributed by atoms with van der Waals surface area (Å²) in [4.78, 5) is 24.2. The van der Waals surface area contributed by atoms with Crippen LogP contribution in [-0.4, -0.2) is 18.9 Å². The van der Waals surface area contributed by atoms with Gasteiger partial charge in [-0.15, -0.1) is 11.3 Å². The molecular formula is C12H16O3S. The summed E-state index contributed by atoms with van der Waals surface area (Å²) in [5.74, 6) is -1.18. The minimum Gasteiger partial charge on any atom is -0.468 e. The molecule has 1 aromatic heterocycles. The minimum atomic E-state index is -0.636. The maximum absolute atomic E-state index is 12.0. The Bertz CT molecular complexity index is 343. The Morgan fingerprint density at radius 2 is 2.25 bits per heavy atom. The Kier molecular flexibility index (Phi) is 5.19. The lowest BCUT2D eigenvalue weighted by atomic mass is 9.96. The molecule has 0 saturated carbocycles. The van der Waals surface area contributed by atoms with Gasteiger partial charge in [-0.2, -0.15) is 0 Å². The molecule has 0 spiro atoms. The van der Waals surface area contributed by atoms with E-state index in [9.17, 15) is 9.59 Å². The molecule has 0 N–H and O–H groups in total. The van der Waals surface area contributed by atoms with Crippen molar-refractivity contribution in [1.82, 2.24) is 0 Å². The zero-order chi connectivity index (χ0) is 12.0. The van der Waals surface area contributed by atoms with Crippen LogP contribution >= 0.6 is 11.3 Å². The van der Waals surface area contributed by atoms with Gasteiger partial charge in [0.2, 0.25) is 0 Å². The third-order valence-corrected chi connectivity index (χ3v) is 3.30. The van der Waals surface area contributed by atoms with E-state index < -0.39 is 11.9 Å². The minimum absolute atomic E-state index is 0.115. The van der Waals surface area contributed by atoms with Gasteiger partial charge in [-0.1, -0.05) is 25.8 Å². The molecule has 0 fully saturated rings. The highest BCUT2D eigenvalue weighted by Crippen LogP contribution is 2.20. The van der Waals surface area contributed by atoms with Crippen LogP contribution in [0.5, 0.6) is 0 Å². The summed E-state index contributed by atoms with van der Waals surface area (Å²) in [5, 5.41) is 1.83. The van der Waals surface area contributed by atoms with E-state index in [4.69, 9.17) is 0 Å². The molecular weight excluding hydrogens is 224 g/mol. The first-order valence-corrected chi connectivity index (χ1v) is 6.24. The average molecular weight is 240 g/mol. The van der Waals surface area contributed by atoms with Gasteiger partial charge in [0.25, 0.3) is 0 Å². The van der Waals surface area contributed by atoms with Gasteiger partial charge < -0.3 is 4.74 Å². The first-order chi connectivity index (χ1) is 7.70. The molecule has 0 aliphatic heterocycles. The summed E-state index contributed by atoms with van der Waals surface area (Å²) in [6.07, 6.45) is 2.39. The molecule has 1 unspecified atom stereocenters. The van der Waals surface area contributed by atoms with Gasteiger partial charge in [0, 0.05) is 0 Å². The van der Waals surface area contributed by atoms with Crippen LogP contribution in [0.2, 0.25) is 0 Å². The SMILES string of the molecule is CCCCC(C(=O)OC)C(=O)c1cccs1. The van der Waals surface area contributed by atoms with Crippen molar-refractivity contribution >= 4 is 23.1 Å². The first kappa shape index (κ1) is 12.9. The number of hydrogen-bond donors (Lipinski definition) is 0. The second-order valence-corrected chi connectivity index (χ2v) is 4.51. The molecule has 0 aliphatic carbocycles. The monoisotopic (exact) mass is 240 g/mol. The van der Waals surface area contributed by atoms with Crippen molar-refractivity contribution in [3.63, 3.8) is 0 Å². The van der Waals surface area contributed by atoms with Crippen LogP contribution in [-0.2, 0) is 9.53 Å². The van der Waals surface area contributed by atoms with E-state index in [0.717, 1.165) is 12.8 Å². The summed E-state index contributed by atoms with van der Waals surface area (Å²) in [6, 6.07) is 3.56. The lowest BCUT2D eigenvalue weighted by Gasteiger charge is -2.11. The quantitative estimate of drug-likeness (QED) is 0.436. The molecule has 0 radical (unpaired) electrons. The zero-order valence-corrected chi connectivity index (χ0v) is 10.4. The summed E-state index contributed by atoms with van der Waals surface area (Å²) in [7, 11) is 1.32. The van der Waals surface area contributed by atoms with Crippen LogP contribution in [0.4, 0.5) is 0 Å². The number of unbranched alkanes of at least 4 members (excludes halogenated alkanes) is 1. The van der Waals surface area contributed by atoms with Crippen LogP contribution < -0.4 is 0 Å². The number of carbonyl (C=O) groups is 2. The van der Waals surface area contributed by atoms with E-state index in [1.165, 1.54) is 18.4 Å². The maximum Gasteiger partial charge on any atom is 0.316 e. The van der Waals surface area contributed by atoms with E-state index >= 15 is 0 Å². The van der Waals surface area contributed by atoms with Gasteiger partial charge >= 0.3 is 5.97 Å². The van der Waals surface area contributed by atoms with Crippen molar-refractivity contribution in [1.29, 1.82) is 0 Å². The zero-order valence-electron chi connectivity index (χ0n) is 9.56. The largest absolute Gasteiger partial charge is 0.468 e. The highest BCUT2D eigenvalue weighted by Gasteiger charge is 2.28. The fourth-order valence-electron chi connectivity index (χ4n) is 1.50. The molecule has 0 aliphatic rings. The van der Waals surface area contributed by atoms with Crippen LogP contribution in [0.3, 0.4) is 0 Å². The number of ketones is 1. The van der Waals surface area contributed by atoms with Crippen molar-refractivity contribution in [2.45, 2.75) is 26.2 Å². The number of methoxy groups -OCH3 is 1. The lowest BCUT2D eigenvalue weighted by molar-refractivity contribution is -0.143. The molecule has 0 amide bonds. The number of thiophene rings is 1. The first-order valence-electron chi connectivity index (χ1n) is 5.36. The van der Waals surface area contributed by atoms with Crippen molar-refractivity contribution < 1.29 is 14.3 Å². The van der Waals surface area contributed by atoms with E-state index in [1.54, 1.807) is 6.07 Å². The van der Waals surface area contributed by atoms with Crippen LogP contribution in [0, 0.1) is 5.92 Å². The molecule has 16 heavy (non-hydrogen) atoms. The van der Waals surface area contributed by atoms with Gasteiger partial charge in [-0.05, 0) is 17.9 Å². The number of Topliss-reactive ketones (excluding diaryl/α,β-unsaturated/α-hetero) is 1. The summed E-state index contributed by atoms with van der Waals surface area (Å²) >= 11 is 1.36. The van der Waals surface area contributed by atoms with E-state index in [0.29, 0.717) is 11.3 Å². The van der Waals surface area contributed by atoms with Crippen LogP contribution in [0.25, 0.3) is 0 Å². The molecule has 3 nitrogen and oxygen atoms in total. The van der Waals surface area contributed by atoms with Gasteiger partial charge in [-0.25, -0.2) is 0 Å². The molecule has 88 valence electrons. The van der Waals surface area contributed by atoms with Gasteiger partial charge in [-0.3, -0.25) is 9.59 Å². The van der Waals surface area contributed by atoms with Gasteiger partial charge in [0.1, 0.15) is 5.92 Å². The lowest BCUT2D eigenvalue weighted by Crippen LogP contribution is -2.24. The van der Waals surface area contributed by atoms with Crippen molar-refractivity contribution in [2.75, 3.05) is 7.11 Å². The predicted molar refractivity (Wildman–Crippen MR) is 63.7 cm³/mol. The number of esters is 1. The molecule has 1 atom stereocenters. The Balaban J connectivity index is 2.76. The van der Waals surface area contributed by atoms with Crippen molar-refractivity contribution in [3.8, 4) is 0 Å². The Hall–Kier alpha value is -1.16. The highest BCUT2D eigenvalue weighted by atomic mass is 32.1. The summed E-state index contributed by atoms with van der Waals surface area (Å²) < 4.78 is 4.67. The number of ether oxygens (including phenoxy) is 1. The van der Waals surface area contributed by atoms with Crippen LogP contribution in [0.1, 0.15) is 35.9 Å². The molecule has 0 saturated heterocycles. The molecule has 0 aromatic carbocycles. The average Bonchev–Trinajstić information content (AvgIpc) is 2.82. The number of hydrogen-bond acceptors (Lipinski definition) is 4. The summed E-state index contributed by atoms with van der Waals surface area (Å²) in [5.41, 5.74) is 0. The molecule has 4 heteroatoms. The van der Waals surface area contributed by atoms with E-state index in [-0.39, 0.29) is 5.78 Å². The second kappa shape index (κ2) is 6.43. The molecule has 1 heterocycles.